The molecule has 0 aliphatic rings. The van der Waals surface area contributed by atoms with E-state index in [1.54, 1.807) is 26.0 Å². The van der Waals surface area contributed by atoms with Crippen LogP contribution in [0.25, 0.3) is 0 Å². The molecule has 0 bridgehead atoms. The molecule has 0 aliphatic carbocycles. The Labute approximate surface area is 143 Å². The van der Waals surface area contributed by atoms with E-state index in [0.29, 0.717) is 5.56 Å². The molecule has 0 unspecified atom stereocenters. The van der Waals surface area contributed by atoms with E-state index in [1.165, 1.54) is 11.9 Å². The Balaban J connectivity index is 2.58. The molecule has 0 spiro atoms. The van der Waals surface area contributed by atoms with Crippen molar-refractivity contribution in [3.8, 4) is 0 Å². The molecule has 0 aromatic heterocycles. The molecule has 1 rings (SSSR count). The lowest BCUT2D eigenvalue weighted by molar-refractivity contribution is -0.148. The van der Waals surface area contributed by atoms with Gasteiger partial charge in [-0.1, -0.05) is 12.1 Å². The van der Waals surface area contributed by atoms with Crippen LogP contribution >= 0.6 is 0 Å². The van der Waals surface area contributed by atoms with Gasteiger partial charge in [-0.3, -0.25) is 9.59 Å². The van der Waals surface area contributed by atoms with Gasteiger partial charge in [0.2, 0.25) is 15.9 Å². The largest absolute Gasteiger partial charge is 0.465 e. The fourth-order valence-corrected chi connectivity index (χ4v) is 3.41. The number of benzene rings is 1. The monoisotopic (exact) mass is 356 g/mol. The van der Waals surface area contributed by atoms with Crippen LogP contribution in [-0.2, 0) is 24.3 Å². The van der Waals surface area contributed by atoms with Crippen LogP contribution in [0.5, 0.6) is 0 Å². The first-order chi connectivity index (χ1) is 11.2. The second kappa shape index (κ2) is 8.79. The van der Waals surface area contributed by atoms with E-state index in [0.717, 1.165) is 5.56 Å². The highest BCUT2D eigenvalue weighted by molar-refractivity contribution is 7.89. The van der Waals surface area contributed by atoms with Crippen LogP contribution < -0.4 is 4.72 Å². The van der Waals surface area contributed by atoms with E-state index in [1.807, 2.05) is 13.0 Å². The minimum absolute atomic E-state index is 0.0400. The predicted octanol–water partition coefficient (Wildman–Crippen LogP) is 0.993. The Hall–Kier alpha value is -1.93. The van der Waals surface area contributed by atoms with Crippen molar-refractivity contribution in [3.63, 3.8) is 0 Å². The van der Waals surface area contributed by atoms with Crippen molar-refractivity contribution in [2.24, 2.45) is 0 Å². The number of esters is 1. The van der Waals surface area contributed by atoms with Crippen LogP contribution in [0.2, 0.25) is 0 Å². The zero-order chi connectivity index (χ0) is 18.3. The number of nitrogens with zero attached hydrogens (tertiary/aromatic N) is 1. The number of aryl methyl sites for hydroxylation is 2. The molecule has 0 radical (unpaired) electrons. The summed E-state index contributed by atoms with van der Waals surface area (Å²) in [4.78, 5) is 24.6. The van der Waals surface area contributed by atoms with Crippen LogP contribution in [0.15, 0.2) is 23.1 Å². The third-order valence-corrected chi connectivity index (χ3v) is 4.96. The molecule has 0 saturated carbocycles. The number of hydrogen-bond donors (Lipinski definition) is 1. The van der Waals surface area contributed by atoms with Gasteiger partial charge >= 0.3 is 5.97 Å². The number of sulfonamides is 1. The highest BCUT2D eigenvalue weighted by Gasteiger charge is 2.18. The van der Waals surface area contributed by atoms with E-state index in [9.17, 15) is 18.0 Å². The van der Waals surface area contributed by atoms with Gasteiger partial charge in [0.05, 0.1) is 11.5 Å². The van der Waals surface area contributed by atoms with Crippen molar-refractivity contribution < 1.29 is 22.7 Å². The van der Waals surface area contributed by atoms with Gasteiger partial charge in [0.1, 0.15) is 6.54 Å². The van der Waals surface area contributed by atoms with Crippen LogP contribution in [0.1, 0.15) is 24.5 Å². The third-order valence-electron chi connectivity index (χ3n) is 3.36. The Morgan fingerprint density at radius 3 is 2.54 bits per heavy atom. The van der Waals surface area contributed by atoms with E-state index in [4.69, 9.17) is 4.74 Å². The van der Waals surface area contributed by atoms with Gasteiger partial charge in [-0.2, -0.15) is 0 Å². The number of ether oxygens (including phenoxy) is 1. The molecule has 0 atom stereocenters. The quantitative estimate of drug-likeness (QED) is 0.701. The van der Waals surface area contributed by atoms with Gasteiger partial charge in [0.15, 0.2) is 0 Å². The smallest absolute Gasteiger partial charge is 0.325 e. The maximum absolute atomic E-state index is 12.3. The summed E-state index contributed by atoms with van der Waals surface area (Å²) in [6.07, 6.45) is -0.0417. The number of hydrogen-bond acceptors (Lipinski definition) is 5. The molecule has 1 N–H and O–H groups in total. The number of rotatable bonds is 8. The summed E-state index contributed by atoms with van der Waals surface area (Å²) in [6.45, 7) is 5.26. The summed E-state index contributed by atoms with van der Waals surface area (Å²) >= 11 is 0. The highest BCUT2D eigenvalue weighted by Crippen LogP contribution is 2.16. The third kappa shape index (κ3) is 5.93. The van der Waals surface area contributed by atoms with Crippen molar-refractivity contribution in [1.82, 2.24) is 9.62 Å². The molecule has 0 heterocycles. The standard InChI is InChI=1S/C16H24N2O5S/c1-5-23-16(20)11-18(4)15(19)8-9-17-24(21,22)14-10-12(2)6-7-13(14)3/h6-7,10,17H,5,8-9,11H2,1-4H3. The maximum Gasteiger partial charge on any atom is 0.325 e. The van der Waals surface area contributed by atoms with Gasteiger partial charge in [-0.05, 0) is 38.0 Å². The first kappa shape index (κ1) is 20.1. The lowest BCUT2D eigenvalue weighted by Gasteiger charge is -2.16. The molecule has 1 amide bonds. The minimum Gasteiger partial charge on any atom is -0.465 e. The molecule has 1 aromatic carbocycles. The number of amides is 1. The molecule has 1 aromatic rings. The summed E-state index contributed by atoms with van der Waals surface area (Å²) < 4.78 is 31.8. The summed E-state index contributed by atoms with van der Waals surface area (Å²) in [5.74, 6) is -0.837. The fourth-order valence-electron chi connectivity index (χ4n) is 2.05. The van der Waals surface area contributed by atoms with Crippen LogP contribution in [0.3, 0.4) is 0 Å². The first-order valence-corrected chi connectivity index (χ1v) is 9.12. The molecule has 0 aliphatic heterocycles. The van der Waals surface area contributed by atoms with E-state index < -0.39 is 16.0 Å². The van der Waals surface area contributed by atoms with Crippen molar-refractivity contribution in [2.45, 2.75) is 32.1 Å². The van der Waals surface area contributed by atoms with Crippen molar-refractivity contribution in [1.29, 1.82) is 0 Å². The molecule has 8 heteroatoms. The lowest BCUT2D eigenvalue weighted by atomic mass is 10.2. The summed E-state index contributed by atoms with van der Waals surface area (Å²) in [5.41, 5.74) is 1.48. The Morgan fingerprint density at radius 2 is 1.92 bits per heavy atom. The van der Waals surface area contributed by atoms with Gasteiger partial charge in [-0.15, -0.1) is 0 Å². The molecule has 0 fully saturated rings. The van der Waals surface area contributed by atoms with Crippen LogP contribution in [0.4, 0.5) is 0 Å². The molecule has 7 nitrogen and oxygen atoms in total. The summed E-state index contributed by atoms with van der Waals surface area (Å²) in [6, 6.07) is 5.16. The normalized spacial score (nSPS) is 11.2. The van der Waals surface area contributed by atoms with Crippen molar-refractivity contribution in [2.75, 3.05) is 26.7 Å². The number of carbonyl (C=O) groups excluding carboxylic acids is 2. The van der Waals surface area contributed by atoms with Gasteiger partial charge < -0.3 is 9.64 Å². The number of likely N-dealkylation sites (N-methyl/N-ethyl adjacent to an activating group) is 1. The fraction of sp³-hybridized carbons (Fsp3) is 0.500. The average Bonchev–Trinajstić information content (AvgIpc) is 2.49. The summed E-state index contributed by atoms with van der Waals surface area (Å²) in [5, 5.41) is 0. The topological polar surface area (TPSA) is 92.8 Å². The SMILES string of the molecule is CCOC(=O)CN(C)C(=O)CCNS(=O)(=O)c1cc(C)ccc1C. The van der Waals surface area contributed by atoms with Crippen LogP contribution in [0, 0.1) is 13.8 Å². The van der Waals surface area contributed by atoms with E-state index >= 15 is 0 Å². The molecular weight excluding hydrogens is 332 g/mol. The van der Waals surface area contributed by atoms with E-state index in [2.05, 4.69) is 4.72 Å². The summed E-state index contributed by atoms with van der Waals surface area (Å²) in [7, 11) is -2.21. The second-order valence-electron chi connectivity index (χ2n) is 5.47. The Bertz CT molecular complexity index is 700. The molecular formula is C16H24N2O5S. The van der Waals surface area contributed by atoms with Gasteiger partial charge in [-0.25, -0.2) is 13.1 Å². The average molecular weight is 356 g/mol. The lowest BCUT2D eigenvalue weighted by Crippen LogP contribution is -2.35. The number of nitrogens with one attached hydrogen (secondary N) is 1. The molecule has 134 valence electrons. The first-order valence-electron chi connectivity index (χ1n) is 7.64. The Kier molecular flexibility index (Phi) is 7.37. The second-order valence-corrected chi connectivity index (χ2v) is 7.21. The van der Waals surface area contributed by atoms with Crippen LogP contribution in [-0.4, -0.2) is 51.9 Å². The number of carbonyl (C=O) groups is 2. The molecule has 0 saturated heterocycles. The van der Waals surface area contributed by atoms with Crippen molar-refractivity contribution >= 4 is 21.9 Å². The predicted molar refractivity (Wildman–Crippen MR) is 90.0 cm³/mol. The van der Waals surface area contributed by atoms with Crippen molar-refractivity contribution in [3.05, 3.63) is 29.3 Å². The zero-order valence-electron chi connectivity index (χ0n) is 14.5. The molecule has 24 heavy (non-hydrogen) atoms. The van der Waals surface area contributed by atoms with E-state index in [-0.39, 0.29) is 36.9 Å². The zero-order valence-corrected chi connectivity index (χ0v) is 15.3. The van der Waals surface area contributed by atoms with Gasteiger partial charge in [0, 0.05) is 20.0 Å². The minimum atomic E-state index is -3.68. The van der Waals surface area contributed by atoms with Gasteiger partial charge in [0.25, 0.3) is 0 Å². The highest BCUT2D eigenvalue weighted by atomic mass is 32.2. The Morgan fingerprint density at radius 1 is 1.25 bits per heavy atom. The maximum atomic E-state index is 12.3.